The van der Waals surface area contributed by atoms with Gasteiger partial charge in [0.05, 0.1) is 15.7 Å². The number of nitrogens with one attached hydrogen (secondary N) is 1. The van der Waals surface area contributed by atoms with E-state index in [0.717, 1.165) is 10.2 Å². The lowest BCUT2D eigenvalue weighted by Gasteiger charge is -2.15. The fraction of sp³-hybridized carbons (Fsp3) is 0.111. The standard InChI is InChI=1S/C18H14Cl2N4O2/c1-11(18(26)22-13-2-3-14(19)15(20)10-13)24-17(25)5-4-16(23-24)12-6-8-21-9-7-12/h2-11H,1H3,(H,22,26). The van der Waals surface area contributed by atoms with E-state index in [0.29, 0.717) is 21.4 Å². The monoisotopic (exact) mass is 388 g/mol. The molecule has 3 aromatic rings. The average Bonchev–Trinajstić information content (AvgIpc) is 2.65. The fourth-order valence-corrected chi connectivity index (χ4v) is 2.61. The molecule has 26 heavy (non-hydrogen) atoms. The Hall–Kier alpha value is -2.70. The van der Waals surface area contributed by atoms with E-state index >= 15 is 0 Å². The Bertz CT molecular complexity index is 1010. The predicted molar refractivity (Wildman–Crippen MR) is 102 cm³/mol. The number of anilines is 1. The lowest BCUT2D eigenvalue weighted by atomic mass is 10.2. The van der Waals surface area contributed by atoms with Crippen LogP contribution in [0.3, 0.4) is 0 Å². The van der Waals surface area contributed by atoms with Crippen LogP contribution in [0.5, 0.6) is 0 Å². The maximum Gasteiger partial charge on any atom is 0.267 e. The van der Waals surface area contributed by atoms with Gasteiger partial charge < -0.3 is 5.32 Å². The van der Waals surface area contributed by atoms with Crippen molar-refractivity contribution < 1.29 is 4.79 Å². The molecule has 1 unspecified atom stereocenters. The minimum absolute atomic E-state index is 0.326. The van der Waals surface area contributed by atoms with Gasteiger partial charge in [-0.25, -0.2) is 4.68 Å². The second-order valence-corrected chi connectivity index (χ2v) is 6.35. The van der Waals surface area contributed by atoms with Crippen LogP contribution in [0.4, 0.5) is 5.69 Å². The Morgan fingerprint density at radius 2 is 1.81 bits per heavy atom. The van der Waals surface area contributed by atoms with E-state index in [1.807, 2.05) is 0 Å². The van der Waals surface area contributed by atoms with Gasteiger partial charge in [-0.1, -0.05) is 23.2 Å². The number of pyridine rings is 1. The van der Waals surface area contributed by atoms with E-state index in [9.17, 15) is 9.59 Å². The molecule has 3 rings (SSSR count). The van der Waals surface area contributed by atoms with Gasteiger partial charge >= 0.3 is 0 Å². The number of rotatable bonds is 4. The lowest BCUT2D eigenvalue weighted by Crippen LogP contribution is -2.33. The maximum absolute atomic E-state index is 12.5. The van der Waals surface area contributed by atoms with Crippen LogP contribution in [-0.2, 0) is 4.79 Å². The highest BCUT2D eigenvalue weighted by molar-refractivity contribution is 6.42. The number of hydrogen-bond acceptors (Lipinski definition) is 4. The molecule has 1 amide bonds. The van der Waals surface area contributed by atoms with Crippen LogP contribution in [0.1, 0.15) is 13.0 Å². The quantitative estimate of drug-likeness (QED) is 0.736. The first kappa shape index (κ1) is 18.1. The Morgan fingerprint density at radius 1 is 1.08 bits per heavy atom. The van der Waals surface area contributed by atoms with Crippen LogP contribution in [0.25, 0.3) is 11.3 Å². The Morgan fingerprint density at radius 3 is 2.50 bits per heavy atom. The summed E-state index contributed by atoms with van der Waals surface area (Å²) in [6, 6.07) is 10.5. The lowest BCUT2D eigenvalue weighted by molar-refractivity contribution is -0.119. The molecule has 1 atom stereocenters. The zero-order valence-corrected chi connectivity index (χ0v) is 15.2. The van der Waals surface area contributed by atoms with Gasteiger partial charge in [-0.05, 0) is 43.3 Å². The molecule has 0 spiro atoms. The van der Waals surface area contributed by atoms with Crippen molar-refractivity contribution in [3.05, 3.63) is 75.3 Å². The van der Waals surface area contributed by atoms with Crippen molar-refractivity contribution in [1.82, 2.24) is 14.8 Å². The van der Waals surface area contributed by atoms with Gasteiger partial charge in [0.2, 0.25) is 5.91 Å². The number of amides is 1. The molecular weight excluding hydrogens is 375 g/mol. The summed E-state index contributed by atoms with van der Waals surface area (Å²) in [5.74, 6) is -0.398. The molecule has 8 heteroatoms. The van der Waals surface area contributed by atoms with E-state index in [4.69, 9.17) is 23.2 Å². The highest BCUT2D eigenvalue weighted by Crippen LogP contribution is 2.25. The summed E-state index contributed by atoms with van der Waals surface area (Å²) in [4.78, 5) is 28.6. The molecular formula is C18H14Cl2N4O2. The number of halogens is 2. The van der Waals surface area contributed by atoms with Crippen molar-refractivity contribution in [1.29, 1.82) is 0 Å². The molecule has 1 aromatic carbocycles. The highest BCUT2D eigenvalue weighted by atomic mass is 35.5. The van der Waals surface area contributed by atoms with Gasteiger partial charge in [0.25, 0.3) is 5.56 Å². The minimum atomic E-state index is -0.821. The summed E-state index contributed by atoms with van der Waals surface area (Å²) in [6.45, 7) is 1.59. The van der Waals surface area contributed by atoms with E-state index < -0.39 is 11.9 Å². The van der Waals surface area contributed by atoms with Gasteiger partial charge in [0.1, 0.15) is 6.04 Å². The third-order valence-electron chi connectivity index (χ3n) is 3.73. The van der Waals surface area contributed by atoms with Gasteiger partial charge in [-0.3, -0.25) is 14.6 Å². The molecule has 132 valence electrons. The molecule has 2 heterocycles. The third kappa shape index (κ3) is 3.92. The SMILES string of the molecule is CC(C(=O)Nc1ccc(Cl)c(Cl)c1)n1nc(-c2ccncc2)ccc1=O. The predicted octanol–water partition coefficient (Wildman–Crippen LogP) is 3.81. The normalized spacial score (nSPS) is 11.8. The largest absolute Gasteiger partial charge is 0.324 e. The zero-order valence-electron chi connectivity index (χ0n) is 13.7. The number of benzene rings is 1. The van der Waals surface area contributed by atoms with Crippen molar-refractivity contribution in [2.24, 2.45) is 0 Å². The van der Waals surface area contributed by atoms with Crippen LogP contribution in [0, 0.1) is 0 Å². The molecule has 0 fully saturated rings. The fourth-order valence-electron chi connectivity index (χ4n) is 2.31. The summed E-state index contributed by atoms with van der Waals surface area (Å²) in [7, 11) is 0. The molecule has 0 aliphatic carbocycles. The average molecular weight is 389 g/mol. The van der Waals surface area contributed by atoms with Gasteiger partial charge in [0, 0.05) is 29.7 Å². The van der Waals surface area contributed by atoms with Crippen LogP contribution in [0.15, 0.2) is 59.7 Å². The summed E-state index contributed by atoms with van der Waals surface area (Å²) in [5, 5.41) is 7.72. The van der Waals surface area contributed by atoms with Crippen molar-refractivity contribution in [2.45, 2.75) is 13.0 Å². The molecule has 0 aliphatic rings. The van der Waals surface area contributed by atoms with Gasteiger partial charge in [-0.2, -0.15) is 5.10 Å². The highest BCUT2D eigenvalue weighted by Gasteiger charge is 2.18. The van der Waals surface area contributed by atoms with Crippen LogP contribution in [-0.4, -0.2) is 20.7 Å². The Labute approximate surface area is 159 Å². The number of hydrogen-bond donors (Lipinski definition) is 1. The first-order chi connectivity index (χ1) is 12.5. The maximum atomic E-state index is 12.5. The second-order valence-electron chi connectivity index (χ2n) is 5.53. The number of carbonyl (C=O) groups is 1. The van der Waals surface area contributed by atoms with Crippen LogP contribution < -0.4 is 10.9 Å². The van der Waals surface area contributed by atoms with E-state index in [1.54, 1.807) is 49.6 Å². The minimum Gasteiger partial charge on any atom is -0.324 e. The third-order valence-corrected chi connectivity index (χ3v) is 4.47. The van der Waals surface area contributed by atoms with Gasteiger partial charge in [-0.15, -0.1) is 0 Å². The first-order valence-corrected chi connectivity index (χ1v) is 8.47. The van der Waals surface area contributed by atoms with Gasteiger partial charge in [0.15, 0.2) is 0 Å². The molecule has 0 aliphatic heterocycles. The Kier molecular flexibility index (Phi) is 5.35. The van der Waals surface area contributed by atoms with Crippen molar-refractivity contribution >= 4 is 34.8 Å². The zero-order chi connectivity index (χ0) is 18.7. The summed E-state index contributed by atoms with van der Waals surface area (Å²) in [6.07, 6.45) is 3.26. The summed E-state index contributed by atoms with van der Waals surface area (Å²) < 4.78 is 1.14. The van der Waals surface area contributed by atoms with Crippen molar-refractivity contribution in [2.75, 3.05) is 5.32 Å². The molecule has 2 aromatic heterocycles. The number of aromatic nitrogens is 3. The summed E-state index contributed by atoms with van der Waals surface area (Å²) >= 11 is 11.8. The first-order valence-electron chi connectivity index (χ1n) is 7.72. The van der Waals surface area contributed by atoms with E-state index in [-0.39, 0.29) is 5.56 Å². The number of nitrogens with zero attached hydrogens (tertiary/aromatic N) is 3. The van der Waals surface area contributed by atoms with E-state index in [1.165, 1.54) is 12.1 Å². The topological polar surface area (TPSA) is 76.9 Å². The molecule has 0 bridgehead atoms. The smallest absolute Gasteiger partial charge is 0.267 e. The Balaban J connectivity index is 1.86. The number of carbonyl (C=O) groups excluding carboxylic acids is 1. The molecule has 0 saturated heterocycles. The molecule has 0 saturated carbocycles. The van der Waals surface area contributed by atoms with E-state index in [2.05, 4.69) is 15.4 Å². The van der Waals surface area contributed by atoms with Crippen molar-refractivity contribution in [3.63, 3.8) is 0 Å². The molecule has 0 radical (unpaired) electrons. The molecule has 1 N–H and O–H groups in total. The van der Waals surface area contributed by atoms with Crippen LogP contribution >= 0.6 is 23.2 Å². The van der Waals surface area contributed by atoms with Crippen molar-refractivity contribution in [3.8, 4) is 11.3 Å². The van der Waals surface area contributed by atoms with Crippen LogP contribution in [0.2, 0.25) is 10.0 Å². The second kappa shape index (κ2) is 7.68. The molecule has 6 nitrogen and oxygen atoms in total. The summed E-state index contributed by atoms with van der Waals surface area (Å²) in [5.41, 5.74) is 1.47.